The summed E-state index contributed by atoms with van der Waals surface area (Å²) in [6, 6.07) is 15.3. The van der Waals surface area contributed by atoms with Gasteiger partial charge in [0.15, 0.2) is 11.5 Å². The third-order valence-corrected chi connectivity index (χ3v) is 5.39. The van der Waals surface area contributed by atoms with Crippen LogP contribution in [0.4, 0.5) is 0 Å². The molecule has 0 aliphatic rings. The van der Waals surface area contributed by atoms with Crippen LogP contribution in [0.2, 0.25) is 0 Å². The second kappa shape index (κ2) is 9.44. The second-order valence-electron chi connectivity index (χ2n) is 6.53. The van der Waals surface area contributed by atoms with Gasteiger partial charge in [-0.3, -0.25) is 0 Å². The highest BCUT2D eigenvalue weighted by atomic mass is 32.1. The van der Waals surface area contributed by atoms with E-state index in [0.717, 1.165) is 16.3 Å². The Hall–Kier alpha value is -3.65. The van der Waals surface area contributed by atoms with E-state index >= 15 is 0 Å². The van der Waals surface area contributed by atoms with Gasteiger partial charge in [-0.1, -0.05) is 18.2 Å². The van der Waals surface area contributed by atoms with Gasteiger partial charge in [0.05, 0.1) is 36.9 Å². The zero-order chi connectivity index (χ0) is 21.6. The molecule has 2 heterocycles. The number of nitrogens with zero attached hydrogens (tertiary/aromatic N) is 3. The van der Waals surface area contributed by atoms with E-state index in [0.29, 0.717) is 29.4 Å². The van der Waals surface area contributed by atoms with Crippen molar-refractivity contribution in [2.24, 2.45) is 0 Å². The topological polar surface area (TPSA) is 75.5 Å². The Morgan fingerprint density at radius 2 is 1.97 bits per heavy atom. The van der Waals surface area contributed by atoms with E-state index in [1.807, 2.05) is 60.8 Å². The molecule has 4 rings (SSSR count). The predicted octanol–water partition coefficient (Wildman–Crippen LogP) is 4.76. The van der Waals surface area contributed by atoms with E-state index in [1.54, 1.807) is 18.0 Å². The quantitative estimate of drug-likeness (QED) is 0.372. The highest BCUT2D eigenvalue weighted by molar-refractivity contribution is 7.13. The molecule has 0 atom stereocenters. The third-order valence-electron chi connectivity index (χ3n) is 4.45. The van der Waals surface area contributed by atoms with Crippen molar-refractivity contribution in [1.82, 2.24) is 14.8 Å². The Morgan fingerprint density at radius 3 is 2.74 bits per heavy atom. The molecule has 0 saturated heterocycles. The summed E-state index contributed by atoms with van der Waals surface area (Å²) in [5.74, 6) is 0.896. The predicted molar refractivity (Wildman–Crippen MR) is 118 cm³/mol. The number of benzene rings is 2. The number of rotatable bonds is 8. The van der Waals surface area contributed by atoms with Crippen molar-refractivity contribution < 1.29 is 19.0 Å². The lowest BCUT2D eigenvalue weighted by Crippen LogP contribution is -2.04. The average Bonchev–Trinajstić information content (AvgIpc) is 3.49. The summed E-state index contributed by atoms with van der Waals surface area (Å²) in [5.41, 5.74) is 2.84. The van der Waals surface area contributed by atoms with E-state index in [9.17, 15) is 4.79 Å². The molecular formula is C23H21N3O4S. The second-order valence-corrected chi connectivity index (χ2v) is 7.39. The van der Waals surface area contributed by atoms with Crippen LogP contribution in [0, 0.1) is 0 Å². The van der Waals surface area contributed by atoms with Gasteiger partial charge in [0.1, 0.15) is 11.6 Å². The first-order valence-corrected chi connectivity index (χ1v) is 10.6. The van der Waals surface area contributed by atoms with Crippen molar-refractivity contribution in [3.8, 4) is 27.8 Å². The van der Waals surface area contributed by atoms with E-state index in [1.165, 1.54) is 17.5 Å². The fourth-order valence-corrected chi connectivity index (χ4v) is 3.76. The van der Waals surface area contributed by atoms with Gasteiger partial charge in [-0.25, -0.2) is 14.5 Å². The molecule has 0 N–H and O–H groups in total. The van der Waals surface area contributed by atoms with Crippen molar-refractivity contribution >= 4 is 17.3 Å². The highest BCUT2D eigenvalue weighted by Crippen LogP contribution is 2.33. The van der Waals surface area contributed by atoms with Crippen molar-refractivity contribution in [3.63, 3.8) is 0 Å². The van der Waals surface area contributed by atoms with Crippen LogP contribution in [0.15, 0.2) is 66.3 Å². The largest absolute Gasteiger partial charge is 0.493 e. The molecule has 0 saturated carbocycles. The van der Waals surface area contributed by atoms with Crippen LogP contribution < -0.4 is 9.47 Å². The minimum atomic E-state index is -0.445. The smallest absolute Gasteiger partial charge is 0.341 e. The molecule has 0 aliphatic heterocycles. The Morgan fingerprint density at radius 1 is 1.13 bits per heavy atom. The van der Waals surface area contributed by atoms with Crippen LogP contribution in [-0.2, 0) is 11.3 Å². The lowest BCUT2D eigenvalue weighted by atomic mass is 10.2. The number of aromatic nitrogens is 3. The highest BCUT2D eigenvalue weighted by Gasteiger charge is 2.14. The van der Waals surface area contributed by atoms with E-state index < -0.39 is 5.97 Å². The van der Waals surface area contributed by atoms with Crippen LogP contribution >= 0.6 is 11.3 Å². The number of para-hydroxylation sites is 1. The molecule has 0 amide bonds. The van der Waals surface area contributed by atoms with Gasteiger partial charge in [-0.15, -0.1) is 11.3 Å². The summed E-state index contributed by atoms with van der Waals surface area (Å²) in [6.45, 7) is 2.57. The molecule has 4 aromatic rings. The van der Waals surface area contributed by atoms with Crippen LogP contribution in [0.1, 0.15) is 23.0 Å². The SMILES string of the molecule is CCOc1ccc(-c2nc(COC(=O)c3cnn(-c4ccccc4)c3)cs2)cc1OC. The summed E-state index contributed by atoms with van der Waals surface area (Å²) in [5, 5.41) is 6.91. The minimum Gasteiger partial charge on any atom is -0.493 e. The van der Waals surface area contributed by atoms with E-state index in [2.05, 4.69) is 10.1 Å². The Labute approximate surface area is 183 Å². The molecule has 0 unspecified atom stereocenters. The van der Waals surface area contributed by atoms with Crippen LogP contribution in [0.5, 0.6) is 11.5 Å². The molecule has 31 heavy (non-hydrogen) atoms. The monoisotopic (exact) mass is 435 g/mol. The molecule has 158 valence electrons. The van der Waals surface area contributed by atoms with Crippen molar-refractivity contribution in [3.05, 3.63) is 77.6 Å². The summed E-state index contributed by atoms with van der Waals surface area (Å²) >= 11 is 1.47. The van der Waals surface area contributed by atoms with Crippen molar-refractivity contribution in [2.45, 2.75) is 13.5 Å². The molecule has 7 nitrogen and oxygen atoms in total. The maximum absolute atomic E-state index is 12.4. The van der Waals surface area contributed by atoms with E-state index in [4.69, 9.17) is 14.2 Å². The van der Waals surface area contributed by atoms with Crippen molar-refractivity contribution in [1.29, 1.82) is 0 Å². The molecule has 0 radical (unpaired) electrons. The Bertz CT molecular complexity index is 1170. The molecule has 0 spiro atoms. The molecular weight excluding hydrogens is 414 g/mol. The molecule has 2 aromatic carbocycles. The fraction of sp³-hybridized carbons (Fsp3) is 0.174. The Balaban J connectivity index is 1.41. The van der Waals surface area contributed by atoms with Gasteiger partial charge in [-0.2, -0.15) is 5.10 Å². The lowest BCUT2D eigenvalue weighted by molar-refractivity contribution is 0.0468. The van der Waals surface area contributed by atoms with Gasteiger partial charge in [0, 0.05) is 17.1 Å². The average molecular weight is 436 g/mol. The zero-order valence-electron chi connectivity index (χ0n) is 17.1. The zero-order valence-corrected chi connectivity index (χ0v) is 18.0. The number of thiazole rings is 1. The summed E-state index contributed by atoms with van der Waals surface area (Å²) in [4.78, 5) is 17.0. The first-order valence-electron chi connectivity index (χ1n) is 9.70. The molecule has 0 aliphatic carbocycles. The Kier molecular flexibility index (Phi) is 6.28. The number of methoxy groups -OCH3 is 1. The summed E-state index contributed by atoms with van der Waals surface area (Å²) in [7, 11) is 1.61. The molecule has 0 bridgehead atoms. The fourth-order valence-electron chi connectivity index (χ4n) is 2.95. The number of hydrogen-bond donors (Lipinski definition) is 0. The van der Waals surface area contributed by atoms with E-state index in [-0.39, 0.29) is 6.61 Å². The first-order chi connectivity index (χ1) is 15.2. The number of carbonyl (C=O) groups excluding carboxylic acids is 1. The van der Waals surface area contributed by atoms with Crippen LogP contribution in [0.25, 0.3) is 16.3 Å². The number of hydrogen-bond acceptors (Lipinski definition) is 7. The number of carbonyl (C=O) groups is 1. The maximum Gasteiger partial charge on any atom is 0.341 e. The summed E-state index contributed by atoms with van der Waals surface area (Å²) in [6.07, 6.45) is 3.14. The van der Waals surface area contributed by atoms with Gasteiger partial charge >= 0.3 is 5.97 Å². The molecule has 8 heteroatoms. The number of ether oxygens (including phenoxy) is 3. The van der Waals surface area contributed by atoms with Crippen molar-refractivity contribution in [2.75, 3.05) is 13.7 Å². The van der Waals surface area contributed by atoms with Gasteiger partial charge < -0.3 is 14.2 Å². The van der Waals surface area contributed by atoms with Crippen LogP contribution in [0.3, 0.4) is 0 Å². The normalized spacial score (nSPS) is 10.6. The van der Waals surface area contributed by atoms with Gasteiger partial charge in [-0.05, 0) is 37.3 Å². The lowest BCUT2D eigenvalue weighted by Gasteiger charge is -2.09. The van der Waals surface area contributed by atoms with Gasteiger partial charge in [0.25, 0.3) is 0 Å². The maximum atomic E-state index is 12.4. The standard InChI is InChI=1S/C23H21N3O4S/c1-3-29-20-10-9-16(11-21(20)28-2)22-25-18(15-31-22)14-30-23(27)17-12-24-26(13-17)19-7-5-4-6-8-19/h4-13,15H,3,14H2,1-2H3. The third kappa shape index (κ3) is 4.75. The molecule has 0 fully saturated rings. The minimum absolute atomic E-state index is 0.0833. The summed E-state index contributed by atoms with van der Waals surface area (Å²) < 4.78 is 18.0. The van der Waals surface area contributed by atoms with Gasteiger partial charge in [0.2, 0.25) is 0 Å². The van der Waals surface area contributed by atoms with Crippen LogP contribution in [-0.4, -0.2) is 34.5 Å². The molecule has 2 aromatic heterocycles. The number of esters is 1. The first kappa shape index (κ1) is 20.6.